The molecular weight excluding hydrogens is 188 g/mol. The first-order chi connectivity index (χ1) is 7.27. The summed E-state index contributed by atoms with van der Waals surface area (Å²) in [5.41, 5.74) is 1.68. The van der Waals surface area contributed by atoms with Crippen LogP contribution in [0.2, 0.25) is 0 Å². The first-order valence-electron chi connectivity index (χ1n) is 5.12. The maximum Gasteiger partial charge on any atom is 0.137 e. The van der Waals surface area contributed by atoms with Crippen molar-refractivity contribution in [1.82, 2.24) is 5.32 Å². The van der Waals surface area contributed by atoms with E-state index < -0.39 is 0 Å². The molecule has 80 valence electrons. The van der Waals surface area contributed by atoms with Crippen molar-refractivity contribution in [1.29, 1.82) is 5.26 Å². The summed E-state index contributed by atoms with van der Waals surface area (Å²) in [5, 5.41) is 12.1. The molecule has 0 bridgehead atoms. The Labute approximate surface area is 90.7 Å². The molecule has 3 nitrogen and oxygen atoms in total. The predicted octanol–water partition coefficient (Wildman–Crippen LogP) is 1.85. The third kappa shape index (κ3) is 3.61. The van der Waals surface area contributed by atoms with Gasteiger partial charge in [0.1, 0.15) is 18.4 Å². The number of ether oxygens (including phenoxy) is 1. The Bertz CT molecular complexity index is 355. The minimum atomic E-state index is 0.589. The van der Waals surface area contributed by atoms with Gasteiger partial charge in [-0.3, -0.25) is 0 Å². The monoisotopic (exact) mass is 204 g/mol. The fraction of sp³-hybridized carbons (Fsp3) is 0.417. The molecule has 3 heteroatoms. The third-order valence-electron chi connectivity index (χ3n) is 2.04. The fourth-order valence-corrected chi connectivity index (χ4v) is 1.27. The highest BCUT2D eigenvalue weighted by Gasteiger charge is 2.02. The van der Waals surface area contributed by atoms with Crippen LogP contribution in [0.4, 0.5) is 0 Å². The maximum atomic E-state index is 8.90. The SMILES string of the molecule is CCNCCOc1ccc(C)cc1C#N. The van der Waals surface area contributed by atoms with E-state index in [9.17, 15) is 0 Å². The molecule has 15 heavy (non-hydrogen) atoms. The molecule has 1 aromatic carbocycles. The van der Waals surface area contributed by atoms with Crippen LogP contribution in [0.15, 0.2) is 18.2 Å². The number of benzene rings is 1. The molecule has 0 saturated carbocycles. The summed E-state index contributed by atoms with van der Waals surface area (Å²) in [6, 6.07) is 7.76. The second-order valence-corrected chi connectivity index (χ2v) is 3.31. The molecular formula is C12H16N2O. The average Bonchev–Trinajstić information content (AvgIpc) is 2.26. The third-order valence-corrected chi connectivity index (χ3v) is 2.04. The molecule has 0 aliphatic rings. The van der Waals surface area contributed by atoms with E-state index in [1.807, 2.05) is 32.0 Å². The number of hydrogen-bond donors (Lipinski definition) is 1. The number of rotatable bonds is 5. The molecule has 0 aliphatic carbocycles. The van der Waals surface area contributed by atoms with Crippen LogP contribution < -0.4 is 10.1 Å². The van der Waals surface area contributed by atoms with Crippen molar-refractivity contribution in [2.24, 2.45) is 0 Å². The van der Waals surface area contributed by atoms with Crippen molar-refractivity contribution in [3.63, 3.8) is 0 Å². The standard InChI is InChI=1S/C12H16N2O/c1-3-14-6-7-15-12-5-4-10(2)8-11(12)9-13/h4-5,8,14H,3,6-7H2,1-2H3. The Hall–Kier alpha value is -1.53. The summed E-state index contributed by atoms with van der Waals surface area (Å²) in [4.78, 5) is 0. The smallest absolute Gasteiger partial charge is 0.137 e. The van der Waals surface area contributed by atoms with Crippen molar-refractivity contribution >= 4 is 0 Å². The van der Waals surface area contributed by atoms with Crippen LogP contribution in [0.1, 0.15) is 18.1 Å². The Kier molecular flexibility index (Phi) is 4.65. The minimum Gasteiger partial charge on any atom is -0.491 e. The highest BCUT2D eigenvalue weighted by molar-refractivity contribution is 5.45. The van der Waals surface area contributed by atoms with E-state index >= 15 is 0 Å². The average molecular weight is 204 g/mol. The summed E-state index contributed by atoms with van der Waals surface area (Å²) in [5.74, 6) is 0.668. The number of aryl methyl sites for hydroxylation is 1. The van der Waals surface area contributed by atoms with Crippen molar-refractivity contribution in [3.8, 4) is 11.8 Å². The summed E-state index contributed by atoms with van der Waals surface area (Å²) in [7, 11) is 0. The Balaban J connectivity index is 2.57. The van der Waals surface area contributed by atoms with Gasteiger partial charge in [0.05, 0.1) is 5.56 Å². The summed E-state index contributed by atoms with van der Waals surface area (Å²) >= 11 is 0. The molecule has 0 aliphatic heterocycles. The maximum absolute atomic E-state index is 8.90. The van der Waals surface area contributed by atoms with E-state index in [0.717, 1.165) is 18.7 Å². The molecule has 0 amide bonds. The lowest BCUT2D eigenvalue weighted by Crippen LogP contribution is -2.20. The molecule has 1 aromatic rings. The van der Waals surface area contributed by atoms with Gasteiger partial charge in [-0.2, -0.15) is 5.26 Å². The Morgan fingerprint density at radius 3 is 2.93 bits per heavy atom. The van der Waals surface area contributed by atoms with Crippen molar-refractivity contribution in [3.05, 3.63) is 29.3 Å². The van der Waals surface area contributed by atoms with Gasteiger partial charge >= 0.3 is 0 Å². The molecule has 1 N–H and O–H groups in total. The van der Waals surface area contributed by atoms with Gasteiger partial charge in [-0.1, -0.05) is 13.0 Å². The van der Waals surface area contributed by atoms with Gasteiger partial charge in [-0.05, 0) is 31.2 Å². The van der Waals surface area contributed by atoms with Crippen LogP contribution in [-0.4, -0.2) is 19.7 Å². The topological polar surface area (TPSA) is 45.0 Å². The fourth-order valence-electron chi connectivity index (χ4n) is 1.27. The second-order valence-electron chi connectivity index (χ2n) is 3.31. The Morgan fingerprint density at radius 1 is 1.47 bits per heavy atom. The van der Waals surface area contributed by atoms with Crippen LogP contribution in [0.25, 0.3) is 0 Å². The number of nitrogens with one attached hydrogen (secondary N) is 1. The Morgan fingerprint density at radius 2 is 2.27 bits per heavy atom. The van der Waals surface area contributed by atoms with E-state index in [0.29, 0.717) is 17.9 Å². The van der Waals surface area contributed by atoms with Crippen molar-refractivity contribution in [2.45, 2.75) is 13.8 Å². The highest BCUT2D eigenvalue weighted by Crippen LogP contribution is 2.18. The van der Waals surface area contributed by atoms with Gasteiger partial charge in [0.15, 0.2) is 0 Å². The zero-order chi connectivity index (χ0) is 11.1. The van der Waals surface area contributed by atoms with Crippen LogP contribution in [0.5, 0.6) is 5.75 Å². The van der Waals surface area contributed by atoms with Crippen LogP contribution in [0, 0.1) is 18.3 Å². The van der Waals surface area contributed by atoms with E-state index in [-0.39, 0.29) is 0 Å². The van der Waals surface area contributed by atoms with Gasteiger partial charge in [0, 0.05) is 6.54 Å². The zero-order valence-electron chi connectivity index (χ0n) is 9.21. The molecule has 0 heterocycles. The summed E-state index contributed by atoms with van der Waals surface area (Å²) < 4.78 is 5.50. The molecule has 1 rings (SSSR count). The van der Waals surface area contributed by atoms with Crippen molar-refractivity contribution < 1.29 is 4.74 Å². The van der Waals surface area contributed by atoms with Gasteiger partial charge in [0.25, 0.3) is 0 Å². The molecule has 0 spiro atoms. The quantitative estimate of drug-likeness (QED) is 0.744. The number of nitriles is 1. The summed E-state index contributed by atoms with van der Waals surface area (Å²) in [6.07, 6.45) is 0. The second kappa shape index (κ2) is 6.05. The highest BCUT2D eigenvalue weighted by atomic mass is 16.5. The van der Waals surface area contributed by atoms with E-state index in [4.69, 9.17) is 10.00 Å². The largest absolute Gasteiger partial charge is 0.491 e. The molecule has 0 unspecified atom stereocenters. The van der Waals surface area contributed by atoms with Crippen LogP contribution in [-0.2, 0) is 0 Å². The number of nitrogens with zero attached hydrogens (tertiary/aromatic N) is 1. The molecule has 0 aromatic heterocycles. The van der Waals surface area contributed by atoms with Gasteiger partial charge in [-0.25, -0.2) is 0 Å². The van der Waals surface area contributed by atoms with Crippen LogP contribution >= 0.6 is 0 Å². The van der Waals surface area contributed by atoms with E-state index in [1.54, 1.807) is 0 Å². The summed E-state index contributed by atoms with van der Waals surface area (Å²) in [6.45, 7) is 6.33. The van der Waals surface area contributed by atoms with Crippen LogP contribution in [0.3, 0.4) is 0 Å². The van der Waals surface area contributed by atoms with Crippen molar-refractivity contribution in [2.75, 3.05) is 19.7 Å². The lowest BCUT2D eigenvalue weighted by Gasteiger charge is -2.08. The number of hydrogen-bond acceptors (Lipinski definition) is 3. The van der Waals surface area contributed by atoms with E-state index in [2.05, 4.69) is 11.4 Å². The first kappa shape index (κ1) is 11.5. The molecule has 0 atom stereocenters. The zero-order valence-corrected chi connectivity index (χ0v) is 9.21. The van der Waals surface area contributed by atoms with Gasteiger partial charge in [-0.15, -0.1) is 0 Å². The number of likely N-dealkylation sites (N-methyl/N-ethyl adjacent to an activating group) is 1. The van der Waals surface area contributed by atoms with Gasteiger partial charge < -0.3 is 10.1 Å². The first-order valence-corrected chi connectivity index (χ1v) is 5.12. The lowest BCUT2D eigenvalue weighted by atomic mass is 10.1. The molecule has 0 fully saturated rings. The van der Waals surface area contributed by atoms with E-state index in [1.165, 1.54) is 0 Å². The van der Waals surface area contributed by atoms with Gasteiger partial charge in [0.2, 0.25) is 0 Å². The lowest BCUT2D eigenvalue weighted by molar-refractivity contribution is 0.314. The molecule has 0 saturated heterocycles. The minimum absolute atomic E-state index is 0.589. The molecule has 0 radical (unpaired) electrons. The predicted molar refractivity (Wildman–Crippen MR) is 59.9 cm³/mol. The normalized spacial score (nSPS) is 9.67.